The Kier molecular flexibility index (Phi) is 6.92. The van der Waals surface area contributed by atoms with Crippen LogP contribution < -0.4 is 15.5 Å². The molecule has 1 aliphatic heterocycles. The van der Waals surface area contributed by atoms with Gasteiger partial charge in [-0.1, -0.05) is 29.8 Å². The molecule has 1 atom stereocenters. The second-order valence-electron chi connectivity index (χ2n) is 7.84. The molecule has 0 radical (unpaired) electrons. The number of carbonyl (C=O) groups is 3. The number of anilines is 2. The van der Waals surface area contributed by atoms with Crippen molar-refractivity contribution in [2.45, 2.75) is 39.7 Å². The molecule has 2 aromatic carbocycles. The summed E-state index contributed by atoms with van der Waals surface area (Å²) < 4.78 is 0.881. The van der Waals surface area contributed by atoms with Gasteiger partial charge in [-0.2, -0.15) is 0 Å². The minimum absolute atomic E-state index is 0.0908. The SMILES string of the molecule is Cc1cc(NC(=O)[C@H](NC(=O)c2ccc(Br)cc2)C(C)C)ccc1N1CCCC1=O. The predicted molar refractivity (Wildman–Crippen MR) is 122 cm³/mol. The highest BCUT2D eigenvalue weighted by Gasteiger charge is 2.26. The van der Waals surface area contributed by atoms with Gasteiger partial charge in [0.2, 0.25) is 11.8 Å². The number of hydrogen-bond acceptors (Lipinski definition) is 3. The number of hydrogen-bond donors (Lipinski definition) is 2. The zero-order valence-corrected chi connectivity index (χ0v) is 19.0. The predicted octanol–water partition coefficient (Wildman–Crippen LogP) is 4.28. The zero-order valence-electron chi connectivity index (χ0n) is 17.4. The summed E-state index contributed by atoms with van der Waals surface area (Å²) >= 11 is 3.35. The fraction of sp³-hybridized carbons (Fsp3) is 0.348. The fourth-order valence-corrected chi connectivity index (χ4v) is 3.78. The van der Waals surface area contributed by atoms with Crippen molar-refractivity contribution in [3.05, 3.63) is 58.1 Å². The number of rotatable bonds is 6. The molecule has 0 spiro atoms. The van der Waals surface area contributed by atoms with Crippen molar-refractivity contribution >= 4 is 45.0 Å². The van der Waals surface area contributed by atoms with Crippen molar-refractivity contribution in [2.24, 2.45) is 5.92 Å². The van der Waals surface area contributed by atoms with E-state index in [0.717, 1.165) is 28.7 Å². The molecule has 1 heterocycles. The first-order valence-corrected chi connectivity index (χ1v) is 10.8. The van der Waals surface area contributed by atoms with Crippen molar-refractivity contribution in [2.75, 3.05) is 16.8 Å². The van der Waals surface area contributed by atoms with Crippen LogP contribution in [-0.2, 0) is 9.59 Å². The Hall–Kier alpha value is -2.67. The van der Waals surface area contributed by atoms with Crippen LogP contribution >= 0.6 is 15.9 Å². The van der Waals surface area contributed by atoms with Gasteiger partial charge in [-0.05, 0) is 67.3 Å². The number of nitrogens with one attached hydrogen (secondary N) is 2. The Morgan fingerprint density at radius 1 is 1.10 bits per heavy atom. The van der Waals surface area contributed by atoms with Gasteiger partial charge < -0.3 is 15.5 Å². The summed E-state index contributed by atoms with van der Waals surface area (Å²) in [4.78, 5) is 39.2. The van der Waals surface area contributed by atoms with Gasteiger partial charge in [0, 0.05) is 34.4 Å². The summed E-state index contributed by atoms with van der Waals surface area (Å²) in [5.74, 6) is -0.535. The van der Waals surface area contributed by atoms with Crippen molar-refractivity contribution in [1.29, 1.82) is 0 Å². The van der Waals surface area contributed by atoms with E-state index in [2.05, 4.69) is 26.6 Å². The molecule has 7 heteroatoms. The van der Waals surface area contributed by atoms with Gasteiger partial charge in [-0.15, -0.1) is 0 Å². The lowest BCUT2D eigenvalue weighted by Gasteiger charge is -2.23. The summed E-state index contributed by atoms with van der Waals surface area (Å²) in [6, 6.07) is 11.8. The smallest absolute Gasteiger partial charge is 0.251 e. The topological polar surface area (TPSA) is 78.5 Å². The normalized spacial score (nSPS) is 14.7. The van der Waals surface area contributed by atoms with Crippen LogP contribution in [0.1, 0.15) is 42.6 Å². The molecule has 1 fully saturated rings. The molecular weight excluding hydrogens is 446 g/mol. The third-order valence-electron chi connectivity index (χ3n) is 5.17. The standard InChI is InChI=1S/C23H26BrN3O3/c1-14(2)21(26-22(29)16-6-8-17(24)9-7-16)23(30)25-18-10-11-19(15(3)13-18)27-12-4-5-20(27)28/h6-11,13-14,21H,4-5,12H2,1-3H3,(H,25,30)(H,26,29)/t21-/m1/s1. The molecule has 0 aromatic heterocycles. The quantitative estimate of drug-likeness (QED) is 0.659. The third kappa shape index (κ3) is 5.08. The number of amides is 3. The van der Waals surface area contributed by atoms with Crippen molar-refractivity contribution < 1.29 is 14.4 Å². The highest BCUT2D eigenvalue weighted by atomic mass is 79.9. The van der Waals surface area contributed by atoms with Crippen LogP contribution in [-0.4, -0.2) is 30.3 Å². The molecule has 1 saturated heterocycles. The summed E-state index contributed by atoms with van der Waals surface area (Å²) in [5.41, 5.74) is 2.92. The molecule has 2 N–H and O–H groups in total. The Morgan fingerprint density at radius 2 is 1.80 bits per heavy atom. The Labute approximate surface area is 185 Å². The van der Waals surface area contributed by atoms with Crippen LogP contribution in [0.2, 0.25) is 0 Å². The molecule has 3 rings (SSSR count). The van der Waals surface area contributed by atoms with Crippen molar-refractivity contribution in [3.63, 3.8) is 0 Å². The summed E-state index contributed by atoms with van der Waals surface area (Å²) in [7, 11) is 0. The van der Waals surface area contributed by atoms with Crippen LogP contribution in [0.5, 0.6) is 0 Å². The van der Waals surface area contributed by atoms with Gasteiger partial charge in [0.05, 0.1) is 0 Å². The summed E-state index contributed by atoms with van der Waals surface area (Å²) in [6.45, 7) is 6.42. The molecule has 0 unspecified atom stereocenters. The van der Waals surface area contributed by atoms with Gasteiger partial charge >= 0.3 is 0 Å². The first-order chi connectivity index (χ1) is 14.3. The van der Waals surface area contributed by atoms with Crippen LogP contribution in [0, 0.1) is 12.8 Å². The minimum atomic E-state index is -0.679. The van der Waals surface area contributed by atoms with E-state index in [0.29, 0.717) is 17.7 Å². The largest absolute Gasteiger partial charge is 0.340 e. The van der Waals surface area contributed by atoms with Gasteiger partial charge in [0.25, 0.3) is 5.91 Å². The molecule has 158 valence electrons. The lowest BCUT2D eigenvalue weighted by Crippen LogP contribution is -2.47. The maximum atomic E-state index is 12.9. The molecular formula is C23H26BrN3O3. The molecule has 3 amide bonds. The first-order valence-electron chi connectivity index (χ1n) is 10.0. The number of nitrogens with zero attached hydrogens (tertiary/aromatic N) is 1. The van der Waals surface area contributed by atoms with Gasteiger partial charge in [0.15, 0.2) is 0 Å². The lowest BCUT2D eigenvalue weighted by atomic mass is 10.0. The molecule has 6 nitrogen and oxygen atoms in total. The summed E-state index contributed by atoms with van der Waals surface area (Å²) in [5, 5.41) is 5.72. The maximum absolute atomic E-state index is 12.9. The van der Waals surface area contributed by atoms with E-state index < -0.39 is 6.04 Å². The van der Waals surface area contributed by atoms with Gasteiger partial charge in [-0.3, -0.25) is 14.4 Å². The van der Waals surface area contributed by atoms with Crippen LogP contribution in [0.4, 0.5) is 11.4 Å². The van der Waals surface area contributed by atoms with Crippen LogP contribution in [0.15, 0.2) is 46.9 Å². The molecule has 0 aliphatic carbocycles. The van der Waals surface area contributed by atoms with Crippen molar-refractivity contribution in [1.82, 2.24) is 5.32 Å². The Balaban J connectivity index is 1.70. The third-order valence-corrected chi connectivity index (χ3v) is 5.70. The average molecular weight is 472 g/mol. The van der Waals surface area contributed by atoms with E-state index in [1.54, 1.807) is 35.2 Å². The second-order valence-corrected chi connectivity index (χ2v) is 8.76. The highest BCUT2D eigenvalue weighted by molar-refractivity contribution is 9.10. The van der Waals surface area contributed by atoms with E-state index >= 15 is 0 Å². The van der Waals surface area contributed by atoms with Crippen LogP contribution in [0.3, 0.4) is 0 Å². The fourth-order valence-electron chi connectivity index (χ4n) is 3.52. The molecule has 1 aliphatic rings. The Bertz CT molecular complexity index is 957. The number of aryl methyl sites for hydroxylation is 1. The van der Waals surface area contributed by atoms with Crippen molar-refractivity contribution in [3.8, 4) is 0 Å². The molecule has 30 heavy (non-hydrogen) atoms. The first kappa shape index (κ1) is 22.0. The lowest BCUT2D eigenvalue weighted by molar-refractivity contribution is -0.119. The van der Waals surface area contributed by atoms with E-state index in [1.165, 1.54) is 0 Å². The van der Waals surface area contributed by atoms with Crippen LogP contribution in [0.25, 0.3) is 0 Å². The van der Waals surface area contributed by atoms with E-state index in [1.807, 2.05) is 32.9 Å². The Morgan fingerprint density at radius 3 is 2.37 bits per heavy atom. The molecule has 0 bridgehead atoms. The second kappa shape index (κ2) is 9.43. The monoisotopic (exact) mass is 471 g/mol. The average Bonchev–Trinajstić information content (AvgIpc) is 3.12. The molecule has 2 aromatic rings. The minimum Gasteiger partial charge on any atom is -0.340 e. The number of carbonyl (C=O) groups excluding carboxylic acids is 3. The molecule has 0 saturated carbocycles. The van der Waals surface area contributed by atoms with E-state index in [4.69, 9.17) is 0 Å². The number of benzene rings is 2. The summed E-state index contributed by atoms with van der Waals surface area (Å²) in [6.07, 6.45) is 1.44. The van der Waals surface area contributed by atoms with Gasteiger partial charge in [-0.25, -0.2) is 0 Å². The zero-order chi connectivity index (χ0) is 21.8. The highest BCUT2D eigenvalue weighted by Crippen LogP contribution is 2.27. The van der Waals surface area contributed by atoms with E-state index in [9.17, 15) is 14.4 Å². The number of halogens is 1. The maximum Gasteiger partial charge on any atom is 0.251 e. The van der Waals surface area contributed by atoms with E-state index in [-0.39, 0.29) is 23.6 Å². The van der Waals surface area contributed by atoms with Gasteiger partial charge in [0.1, 0.15) is 6.04 Å².